The fourth-order valence-corrected chi connectivity index (χ4v) is 6.00. The molecule has 2 aliphatic heterocycles. The predicted molar refractivity (Wildman–Crippen MR) is 140 cm³/mol. The molecule has 1 aliphatic carbocycles. The molecule has 0 unspecified atom stereocenters. The van der Waals surface area contributed by atoms with Crippen molar-refractivity contribution in [1.82, 2.24) is 15.5 Å². The third-order valence-corrected chi connectivity index (χ3v) is 8.01. The summed E-state index contributed by atoms with van der Waals surface area (Å²) in [5.74, 6) is 0.412. The van der Waals surface area contributed by atoms with Gasteiger partial charge in [0.1, 0.15) is 0 Å². The molecule has 5 rings (SSSR count). The van der Waals surface area contributed by atoms with Gasteiger partial charge in [0.2, 0.25) is 5.91 Å². The highest BCUT2D eigenvalue weighted by Gasteiger charge is 2.35. The second-order valence-corrected chi connectivity index (χ2v) is 10.5. The van der Waals surface area contributed by atoms with Crippen LogP contribution in [0.25, 0.3) is 0 Å². The first-order valence-corrected chi connectivity index (χ1v) is 13.3. The number of benzene rings is 2. The number of amides is 2. The Labute approximate surface area is 209 Å². The lowest BCUT2D eigenvalue weighted by molar-refractivity contribution is -0.122. The van der Waals surface area contributed by atoms with Crippen LogP contribution in [0.15, 0.2) is 48.5 Å². The van der Waals surface area contributed by atoms with Gasteiger partial charge in [0, 0.05) is 37.9 Å². The zero-order valence-electron chi connectivity index (χ0n) is 20.8. The quantitative estimate of drug-likeness (QED) is 0.640. The fraction of sp³-hybridized carbons (Fsp3) is 0.517. The molecule has 2 amide bonds. The first-order valence-electron chi connectivity index (χ1n) is 13.3. The van der Waals surface area contributed by atoms with E-state index in [0.29, 0.717) is 17.5 Å². The second kappa shape index (κ2) is 10.8. The third kappa shape index (κ3) is 5.69. The van der Waals surface area contributed by atoms with Crippen molar-refractivity contribution in [1.29, 1.82) is 0 Å². The first kappa shape index (κ1) is 23.9. The third-order valence-electron chi connectivity index (χ3n) is 8.01. The molecule has 0 spiro atoms. The van der Waals surface area contributed by atoms with E-state index in [9.17, 15) is 9.59 Å². The average molecular weight is 475 g/mol. The molecule has 186 valence electrons. The minimum absolute atomic E-state index is 0.0187. The molecule has 0 radical (unpaired) electrons. The predicted octanol–water partition coefficient (Wildman–Crippen LogP) is 3.85. The SMILES string of the molecule is Cc1ccc(N2CCCC2)c(C(=O)NCC(=O)NC2CN(C3CCC(c4ccccc4)CC3)C2)c1. The molecule has 2 saturated heterocycles. The summed E-state index contributed by atoms with van der Waals surface area (Å²) in [6.45, 7) is 5.80. The molecule has 1 saturated carbocycles. The molecule has 0 aromatic heterocycles. The van der Waals surface area contributed by atoms with Crippen LogP contribution in [0.2, 0.25) is 0 Å². The second-order valence-electron chi connectivity index (χ2n) is 10.5. The van der Waals surface area contributed by atoms with Gasteiger partial charge in [0.05, 0.1) is 18.2 Å². The van der Waals surface area contributed by atoms with E-state index in [0.717, 1.165) is 50.3 Å². The minimum Gasteiger partial charge on any atom is -0.371 e. The van der Waals surface area contributed by atoms with Gasteiger partial charge in [-0.15, -0.1) is 0 Å². The molecule has 2 N–H and O–H groups in total. The highest BCUT2D eigenvalue weighted by atomic mass is 16.2. The largest absolute Gasteiger partial charge is 0.371 e. The lowest BCUT2D eigenvalue weighted by Crippen LogP contribution is -2.63. The van der Waals surface area contributed by atoms with Crippen LogP contribution in [0.3, 0.4) is 0 Å². The van der Waals surface area contributed by atoms with E-state index in [1.54, 1.807) is 0 Å². The summed E-state index contributed by atoms with van der Waals surface area (Å²) in [7, 11) is 0. The Balaban J connectivity index is 1.04. The van der Waals surface area contributed by atoms with E-state index in [1.807, 2.05) is 25.1 Å². The van der Waals surface area contributed by atoms with Crippen molar-refractivity contribution in [3.05, 3.63) is 65.2 Å². The maximum atomic E-state index is 12.9. The van der Waals surface area contributed by atoms with Gasteiger partial charge < -0.3 is 15.5 Å². The van der Waals surface area contributed by atoms with Gasteiger partial charge in [-0.1, -0.05) is 42.0 Å². The van der Waals surface area contributed by atoms with Crippen LogP contribution in [0.4, 0.5) is 5.69 Å². The molecule has 6 heteroatoms. The van der Waals surface area contributed by atoms with Crippen LogP contribution in [0.5, 0.6) is 0 Å². The molecule has 35 heavy (non-hydrogen) atoms. The Morgan fingerprint density at radius 2 is 1.66 bits per heavy atom. The van der Waals surface area contributed by atoms with Crippen molar-refractivity contribution < 1.29 is 9.59 Å². The Bertz CT molecular complexity index is 1020. The topological polar surface area (TPSA) is 64.7 Å². The lowest BCUT2D eigenvalue weighted by Gasteiger charge is -2.46. The van der Waals surface area contributed by atoms with Crippen molar-refractivity contribution in [3.8, 4) is 0 Å². The minimum atomic E-state index is -0.170. The van der Waals surface area contributed by atoms with Crippen LogP contribution in [-0.2, 0) is 4.79 Å². The molecule has 3 aliphatic rings. The number of hydrogen-bond donors (Lipinski definition) is 2. The summed E-state index contributed by atoms with van der Waals surface area (Å²) in [6, 6.07) is 17.7. The van der Waals surface area contributed by atoms with Crippen LogP contribution in [0.1, 0.15) is 65.9 Å². The molecule has 2 heterocycles. The molecule has 2 aromatic carbocycles. The van der Waals surface area contributed by atoms with E-state index in [4.69, 9.17) is 0 Å². The van der Waals surface area contributed by atoms with Crippen LogP contribution in [0, 0.1) is 6.92 Å². The van der Waals surface area contributed by atoms with Crippen molar-refractivity contribution >= 4 is 17.5 Å². The van der Waals surface area contributed by atoms with Gasteiger partial charge in [-0.2, -0.15) is 0 Å². The number of hydrogen-bond acceptors (Lipinski definition) is 4. The Morgan fingerprint density at radius 1 is 0.943 bits per heavy atom. The first-order chi connectivity index (χ1) is 17.1. The van der Waals surface area contributed by atoms with Crippen molar-refractivity contribution in [2.75, 3.05) is 37.6 Å². The molecular weight excluding hydrogens is 436 g/mol. The number of anilines is 1. The smallest absolute Gasteiger partial charge is 0.253 e. The van der Waals surface area contributed by atoms with Gasteiger partial charge >= 0.3 is 0 Å². The van der Waals surface area contributed by atoms with Crippen molar-refractivity contribution in [2.45, 2.75) is 63.5 Å². The van der Waals surface area contributed by atoms with Gasteiger partial charge in [-0.3, -0.25) is 14.5 Å². The van der Waals surface area contributed by atoms with Gasteiger partial charge in [0.25, 0.3) is 5.91 Å². The number of nitrogens with one attached hydrogen (secondary N) is 2. The summed E-state index contributed by atoms with van der Waals surface area (Å²) in [4.78, 5) is 30.2. The van der Waals surface area contributed by atoms with Gasteiger partial charge in [-0.05, 0) is 69.1 Å². The highest BCUT2D eigenvalue weighted by Crippen LogP contribution is 2.36. The van der Waals surface area contributed by atoms with E-state index in [1.165, 1.54) is 31.2 Å². The Hall–Kier alpha value is -2.86. The number of carbonyl (C=O) groups excluding carboxylic acids is 2. The maximum Gasteiger partial charge on any atom is 0.253 e. The van der Waals surface area contributed by atoms with Crippen molar-refractivity contribution in [3.63, 3.8) is 0 Å². The standard InChI is InChI=1S/C29H38N4O2/c1-21-9-14-27(32-15-5-6-16-32)26(17-21)29(35)30-18-28(34)31-24-19-33(20-24)25-12-10-23(11-13-25)22-7-3-2-4-8-22/h2-4,7-9,14,17,23-25H,5-6,10-13,15-16,18-20H2,1H3,(H,30,35)(H,31,34). The van der Waals surface area contributed by atoms with E-state index in [-0.39, 0.29) is 24.4 Å². The highest BCUT2D eigenvalue weighted by molar-refractivity contribution is 6.01. The summed E-state index contributed by atoms with van der Waals surface area (Å²) in [6.07, 6.45) is 7.26. The Morgan fingerprint density at radius 3 is 2.37 bits per heavy atom. The zero-order chi connectivity index (χ0) is 24.2. The Kier molecular flexibility index (Phi) is 7.37. The van der Waals surface area contributed by atoms with Crippen LogP contribution < -0.4 is 15.5 Å². The van der Waals surface area contributed by atoms with Gasteiger partial charge in [0.15, 0.2) is 0 Å². The zero-order valence-corrected chi connectivity index (χ0v) is 20.8. The van der Waals surface area contributed by atoms with E-state index < -0.39 is 0 Å². The van der Waals surface area contributed by atoms with E-state index in [2.05, 4.69) is 50.8 Å². The number of aryl methyl sites for hydroxylation is 1. The summed E-state index contributed by atoms with van der Waals surface area (Å²) < 4.78 is 0. The molecule has 2 aromatic rings. The summed E-state index contributed by atoms with van der Waals surface area (Å²) in [5.41, 5.74) is 4.16. The number of likely N-dealkylation sites (tertiary alicyclic amines) is 1. The number of carbonyl (C=O) groups is 2. The van der Waals surface area contributed by atoms with Crippen LogP contribution in [-0.4, -0.2) is 61.5 Å². The molecule has 0 atom stereocenters. The van der Waals surface area contributed by atoms with Crippen molar-refractivity contribution in [2.24, 2.45) is 0 Å². The van der Waals surface area contributed by atoms with E-state index >= 15 is 0 Å². The number of rotatable bonds is 7. The molecule has 0 bridgehead atoms. The summed E-state index contributed by atoms with van der Waals surface area (Å²) >= 11 is 0. The molecular formula is C29H38N4O2. The van der Waals surface area contributed by atoms with Gasteiger partial charge in [-0.25, -0.2) is 0 Å². The number of nitrogens with zero attached hydrogens (tertiary/aromatic N) is 2. The fourth-order valence-electron chi connectivity index (χ4n) is 6.00. The molecule has 6 nitrogen and oxygen atoms in total. The monoisotopic (exact) mass is 474 g/mol. The average Bonchev–Trinajstić information content (AvgIpc) is 3.40. The lowest BCUT2D eigenvalue weighted by atomic mass is 9.80. The van der Waals surface area contributed by atoms with Crippen LogP contribution >= 0.6 is 0 Å². The summed E-state index contributed by atoms with van der Waals surface area (Å²) in [5, 5.41) is 5.95. The normalized spacial score (nSPS) is 23.1. The maximum absolute atomic E-state index is 12.9. The molecule has 3 fully saturated rings.